The molecule has 2 nitrogen and oxygen atoms in total. The Morgan fingerprint density at radius 2 is 1.79 bits per heavy atom. The fourth-order valence-electron chi connectivity index (χ4n) is 1.56. The van der Waals surface area contributed by atoms with Gasteiger partial charge < -0.3 is 11.1 Å². The van der Waals surface area contributed by atoms with Crippen molar-refractivity contribution in [1.82, 2.24) is 0 Å². The third-order valence-electron chi connectivity index (χ3n) is 2.61. The third kappa shape index (κ3) is 3.14. The Hall–Kier alpha value is -0.970. The van der Waals surface area contributed by atoms with Crippen LogP contribution >= 0.6 is 39.1 Å². The first-order valence-corrected chi connectivity index (χ1v) is 6.90. The summed E-state index contributed by atoms with van der Waals surface area (Å²) in [7, 11) is 0. The molecule has 2 aromatic rings. The van der Waals surface area contributed by atoms with Crippen LogP contribution in [0.5, 0.6) is 0 Å². The molecule has 0 bridgehead atoms. The van der Waals surface area contributed by atoms with Crippen molar-refractivity contribution in [3.05, 3.63) is 50.2 Å². The number of hydrogen-bond donors (Lipinski definition) is 2. The van der Waals surface area contributed by atoms with Crippen LogP contribution in [0.2, 0.25) is 10.0 Å². The van der Waals surface area contributed by atoms with E-state index in [1.54, 1.807) is 6.07 Å². The molecule has 100 valence electrons. The van der Waals surface area contributed by atoms with Crippen LogP contribution in [0, 0.1) is 12.7 Å². The minimum Gasteiger partial charge on any atom is -0.397 e. The standard InChI is InChI=1S/C13H10BrCl2FN2/c1-6-2-7(14)12(4-8(6)15)19-13-5-10(17)9(16)3-11(13)18/h2-5,19H,18H2,1H3. The van der Waals surface area contributed by atoms with E-state index >= 15 is 0 Å². The molecule has 19 heavy (non-hydrogen) atoms. The summed E-state index contributed by atoms with van der Waals surface area (Å²) in [5.41, 5.74) is 8.22. The largest absolute Gasteiger partial charge is 0.397 e. The Morgan fingerprint density at radius 1 is 1.11 bits per heavy atom. The van der Waals surface area contributed by atoms with Gasteiger partial charge >= 0.3 is 0 Å². The van der Waals surface area contributed by atoms with Crippen molar-refractivity contribution in [2.24, 2.45) is 0 Å². The van der Waals surface area contributed by atoms with Crippen molar-refractivity contribution in [3.8, 4) is 0 Å². The van der Waals surface area contributed by atoms with Gasteiger partial charge in [-0.05, 0) is 46.6 Å². The molecule has 0 fully saturated rings. The molecular weight excluding hydrogens is 354 g/mol. The average Bonchev–Trinajstić information content (AvgIpc) is 2.32. The van der Waals surface area contributed by atoms with E-state index in [2.05, 4.69) is 21.2 Å². The van der Waals surface area contributed by atoms with Gasteiger partial charge in [-0.15, -0.1) is 0 Å². The van der Waals surface area contributed by atoms with Crippen LogP contribution in [-0.4, -0.2) is 0 Å². The molecule has 0 aliphatic rings. The first-order chi connectivity index (χ1) is 8.88. The van der Waals surface area contributed by atoms with Gasteiger partial charge in [-0.1, -0.05) is 23.2 Å². The zero-order valence-corrected chi connectivity index (χ0v) is 13.0. The maximum atomic E-state index is 13.4. The van der Waals surface area contributed by atoms with Crippen molar-refractivity contribution in [3.63, 3.8) is 0 Å². The van der Waals surface area contributed by atoms with Crippen molar-refractivity contribution in [1.29, 1.82) is 0 Å². The molecular formula is C13H10BrCl2FN2. The van der Waals surface area contributed by atoms with E-state index < -0.39 is 5.82 Å². The van der Waals surface area contributed by atoms with Crippen LogP contribution in [0.4, 0.5) is 21.5 Å². The molecule has 0 amide bonds. The number of nitrogens with one attached hydrogen (secondary N) is 1. The van der Waals surface area contributed by atoms with E-state index in [-0.39, 0.29) is 5.02 Å². The number of rotatable bonds is 2. The summed E-state index contributed by atoms with van der Waals surface area (Å²) < 4.78 is 14.3. The summed E-state index contributed by atoms with van der Waals surface area (Å²) in [6, 6.07) is 6.22. The molecule has 0 saturated carbocycles. The minimum absolute atomic E-state index is 0.0101. The molecule has 0 radical (unpaired) electrons. The van der Waals surface area contributed by atoms with Crippen LogP contribution in [-0.2, 0) is 0 Å². The Kier molecular flexibility index (Phi) is 4.23. The molecule has 0 aromatic heterocycles. The Labute approximate surface area is 128 Å². The first kappa shape index (κ1) is 14.4. The third-order valence-corrected chi connectivity index (χ3v) is 3.96. The summed E-state index contributed by atoms with van der Waals surface area (Å²) in [6.07, 6.45) is 0. The Morgan fingerprint density at radius 3 is 2.47 bits per heavy atom. The number of aryl methyl sites for hydroxylation is 1. The lowest BCUT2D eigenvalue weighted by molar-refractivity contribution is 0.629. The van der Waals surface area contributed by atoms with Crippen LogP contribution in [0.3, 0.4) is 0 Å². The first-order valence-electron chi connectivity index (χ1n) is 5.35. The van der Waals surface area contributed by atoms with E-state index in [4.69, 9.17) is 28.9 Å². The van der Waals surface area contributed by atoms with Gasteiger partial charge in [-0.2, -0.15) is 0 Å². The molecule has 0 aliphatic heterocycles. The predicted molar refractivity (Wildman–Crippen MR) is 83.0 cm³/mol. The zero-order valence-electron chi connectivity index (χ0n) is 9.90. The predicted octanol–water partition coefficient (Wildman–Crippen LogP) is 5.53. The van der Waals surface area contributed by atoms with Gasteiger partial charge in [0.1, 0.15) is 5.82 Å². The molecule has 2 rings (SSSR count). The minimum atomic E-state index is -0.535. The van der Waals surface area contributed by atoms with E-state index in [9.17, 15) is 4.39 Å². The summed E-state index contributed by atoms with van der Waals surface area (Å²) in [5, 5.41) is 3.62. The lowest BCUT2D eigenvalue weighted by Gasteiger charge is -2.13. The highest BCUT2D eigenvalue weighted by atomic mass is 79.9. The molecule has 0 spiro atoms. The number of nitrogens with two attached hydrogens (primary N) is 1. The Balaban J connectivity index is 2.42. The maximum absolute atomic E-state index is 13.4. The van der Waals surface area contributed by atoms with Crippen molar-refractivity contribution in [2.75, 3.05) is 11.1 Å². The molecule has 2 aromatic carbocycles. The van der Waals surface area contributed by atoms with Gasteiger partial charge in [-0.25, -0.2) is 4.39 Å². The second-order valence-corrected chi connectivity index (χ2v) is 5.73. The van der Waals surface area contributed by atoms with E-state index in [1.165, 1.54) is 12.1 Å². The number of benzene rings is 2. The number of hydrogen-bond acceptors (Lipinski definition) is 2. The topological polar surface area (TPSA) is 38.0 Å². The fraction of sp³-hybridized carbons (Fsp3) is 0.0769. The smallest absolute Gasteiger partial charge is 0.144 e. The summed E-state index contributed by atoms with van der Waals surface area (Å²) >= 11 is 15.1. The van der Waals surface area contributed by atoms with Crippen LogP contribution < -0.4 is 11.1 Å². The van der Waals surface area contributed by atoms with Gasteiger partial charge in [0.15, 0.2) is 0 Å². The van der Waals surface area contributed by atoms with Crippen molar-refractivity contribution < 1.29 is 4.39 Å². The summed E-state index contributed by atoms with van der Waals surface area (Å²) in [5.74, 6) is -0.535. The monoisotopic (exact) mass is 362 g/mol. The SMILES string of the molecule is Cc1cc(Br)c(Nc2cc(F)c(Cl)cc2N)cc1Cl. The lowest BCUT2D eigenvalue weighted by Crippen LogP contribution is -1.98. The number of anilines is 3. The zero-order chi connectivity index (χ0) is 14.2. The van der Waals surface area contributed by atoms with E-state index in [1.807, 2.05) is 13.0 Å². The van der Waals surface area contributed by atoms with Gasteiger partial charge in [0.2, 0.25) is 0 Å². The van der Waals surface area contributed by atoms with Gasteiger partial charge in [0.05, 0.1) is 22.1 Å². The van der Waals surface area contributed by atoms with E-state index in [0.29, 0.717) is 22.1 Å². The lowest BCUT2D eigenvalue weighted by atomic mass is 10.2. The van der Waals surface area contributed by atoms with Gasteiger partial charge in [0, 0.05) is 15.6 Å². The molecule has 0 aliphatic carbocycles. The van der Waals surface area contributed by atoms with Crippen LogP contribution in [0.1, 0.15) is 5.56 Å². The highest BCUT2D eigenvalue weighted by molar-refractivity contribution is 9.10. The van der Waals surface area contributed by atoms with Crippen LogP contribution in [0.15, 0.2) is 28.7 Å². The van der Waals surface area contributed by atoms with E-state index in [0.717, 1.165) is 10.0 Å². The normalized spacial score (nSPS) is 10.6. The second-order valence-electron chi connectivity index (χ2n) is 4.06. The van der Waals surface area contributed by atoms with Crippen molar-refractivity contribution >= 4 is 56.2 Å². The molecule has 0 heterocycles. The van der Waals surface area contributed by atoms with Gasteiger partial charge in [0.25, 0.3) is 0 Å². The highest BCUT2D eigenvalue weighted by Gasteiger charge is 2.09. The van der Waals surface area contributed by atoms with Crippen molar-refractivity contribution in [2.45, 2.75) is 6.92 Å². The highest BCUT2D eigenvalue weighted by Crippen LogP contribution is 2.34. The molecule has 6 heteroatoms. The maximum Gasteiger partial charge on any atom is 0.144 e. The molecule has 3 N–H and O–H groups in total. The average molecular weight is 364 g/mol. The number of nitrogen functional groups attached to an aromatic ring is 1. The molecule has 0 unspecified atom stereocenters. The fourth-order valence-corrected chi connectivity index (χ4v) is 2.45. The van der Waals surface area contributed by atoms with Gasteiger partial charge in [-0.3, -0.25) is 0 Å². The summed E-state index contributed by atoms with van der Waals surface area (Å²) in [6.45, 7) is 1.90. The van der Waals surface area contributed by atoms with Crippen LogP contribution in [0.25, 0.3) is 0 Å². The summed E-state index contributed by atoms with van der Waals surface area (Å²) in [4.78, 5) is 0. The molecule has 0 saturated heterocycles. The quantitative estimate of drug-likeness (QED) is 0.688. The Bertz CT molecular complexity index is 592. The molecule has 0 atom stereocenters. The number of halogens is 4. The second kappa shape index (κ2) is 5.57.